The molecule has 0 radical (unpaired) electrons. The SMILES string of the molecule is CC1=C(C)N(C)C(=O)C(C)(C)C1C. The molecule has 1 aliphatic rings. The quantitative estimate of drug-likeness (QED) is 0.562. The van der Waals surface area contributed by atoms with Crippen molar-refractivity contribution in [2.45, 2.75) is 34.6 Å². The van der Waals surface area contributed by atoms with Gasteiger partial charge in [0, 0.05) is 12.7 Å². The van der Waals surface area contributed by atoms with Crippen LogP contribution in [-0.4, -0.2) is 17.9 Å². The first-order valence-electron chi connectivity index (χ1n) is 4.75. The Balaban J connectivity index is 3.23. The van der Waals surface area contributed by atoms with E-state index in [1.807, 2.05) is 27.8 Å². The first kappa shape index (κ1) is 10.3. The lowest BCUT2D eigenvalue weighted by Crippen LogP contribution is -2.46. The summed E-state index contributed by atoms with van der Waals surface area (Å²) in [5.74, 6) is 0.569. The first-order valence-corrected chi connectivity index (χ1v) is 4.75. The van der Waals surface area contributed by atoms with Gasteiger partial charge in [-0.1, -0.05) is 26.3 Å². The average Bonchev–Trinajstić information content (AvgIpc) is 2.09. The molecule has 0 bridgehead atoms. The Morgan fingerprint density at radius 3 is 2.23 bits per heavy atom. The van der Waals surface area contributed by atoms with Crippen molar-refractivity contribution in [2.75, 3.05) is 7.05 Å². The van der Waals surface area contributed by atoms with Crippen LogP contribution in [0.4, 0.5) is 0 Å². The fourth-order valence-electron chi connectivity index (χ4n) is 1.89. The van der Waals surface area contributed by atoms with Crippen molar-refractivity contribution in [1.29, 1.82) is 0 Å². The highest BCUT2D eigenvalue weighted by atomic mass is 16.2. The van der Waals surface area contributed by atoms with E-state index in [1.54, 1.807) is 4.90 Å². The van der Waals surface area contributed by atoms with Gasteiger partial charge in [-0.2, -0.15) is 0 Å². The van der Waals surface area contributed by atoms with Gasteiger partial charge in [0.25, 0.3) is 0 Å². The minimum Gasteiger partial charge on any atom is -0.319 e. The Hall–Kier alpha value is -0.790. The number of hydrogen-bond donors (Lipinski definition) is 0. The highest BCUT2D eigenvalue weighted by Gasteiger charge is 2.41. The third kappa shape index (κ3) is 1.28. The van der Waals surface area contributed by atoms with E-state index in [4.69, 9.17) is 0 Å². The van der Waals surface area contributed by atoms with E-state index >= 15 is 0 Å². The monoisotopic (exact) mass is 181 g/mol. The topological polar surface area (TPSA) is 20.3 Å². The molecular formula is C11H19NO. The lowest BCUT2D eigenvalue weighted by molar-refractivity contribution is -0.140. The molecule has 74 valence electrons. The van der Waals surface area contributed by atoms with E-state index in [0.717, 1.165) is 5.70 Å². The van der Waals surface area contributed by atoms with Gasteiger partial charge in [0.1, 0.15) is 0 Å². The molecule has 1 heterocycles. The molecule has 0 aromatic carbocycles. The molecule has 1 rings (SSSR count). The van der Waals surface area contributed by atoms with Crippen LogP contribution in [0.25, 0.3) is 0 Å². The van der Waals surface area contributed by atoms with Crippen LogP contribution in [0, 0.1) is 11.3 Å². The van der Waals surface area contributed by atoms with Crippen molar-refractivity contribution in [3.05, 3.63) is 11.3 Å². The number of rotatable bonds is 0. The zero-order valence-corrected chi connectivity index (χ0v) is 9.43. The third-order valence-electron chi connectivity index (χ3n) is 3.66. The summed E-state index contributed by atoms with van der Waals surface area (Å²) in [6.07, 6.45) is 0. The molecule has 0 saturated carbocycles. The fraction of sp³-hybridized carbons (Fsp3) is 0.727. The van der Waals surface area contributed by atoms with Crippen LogP contribution < -0.4 is 0 Å². The number of amides is 1. The third-order valence-corrected chi connectivity index (χ3v) is 3.66. The summed E-state index contributed by atoms with van der Waals surface area (Å²) in [6.45, 7) is 10.3. The van der Waals surface area contributed by atoms with Crippen LogP contribution in [0.1, 0.15) is 34.6 Å². The van der Waals surface area contributed by atoms with Gasteiger partial charge in [-0.25, -0.2) is 0 Å². The predicted octanol–water partition coefficient (Wildman–Crippen LogP) is 2.41. The van der Waals surface area contributed by atoms with Gasteiger partial charge >= 0.3 is 0 Å². The van der Waals surface area contributed by atoms with Crippen molar-refractivity contribution in [3.8, 4) is 0 Å². The fourth-order valence-corrected chi connectivity index (χ4v) is 1.89. The van der Waals surface area contributed by atoms with E-state index in [2.05, 4.69) is 13.8 Å². The van der Waals surface area contributed by atoms with Crippen LogP contribution in [0.5, 0.6) is 0 Å². The maximum absolute atomic E-state index is 11.9. The summed E-state index contributed by atoms with van der Waals surface area (Å²) in [7, 11) is 1.86. The van der Waals surface area contributed by atoms with Crippen molar-refractivity contribution in [2.24, 2.45) is 11.3 Å². The lowest BCUT2D eigenvalue weighted by atomic mass is 9.72. The zero-order chi connectivity index (χ0) is 10.4. The van der Waals surface area contributed by atoms with E-state index in [9.17, 15) is 4.79 Å². The molecule has 1 unspecified atom stereocenters. The molecule has 0 aliphatic carbocycles. The summed E-state index contributed by atoms with van der Waals surface area (Å²) in [5.41, 5.74) is 2.18. The second-order valence-corrected chi connectivity index (χ2v) is 4.58. The zero-order valence-electron chi connectivity index (χ0n) is 9.43. The van der Waals surface area contributed by atoms with Gasteiger partial charge in [-0.3, -0.25) is 4.79 Å². The molecular weight excluding hydrogens is 162 g/mol. The highest BCUT2D eigenvalue weighted by molar-refractivity contribution is 5.85. The molecule has 0 N–H and O–H groups in total. The lowest BCUT2D eigenvalue weighted by Gasteiger charge is -2.41. The van der Waals surface area contributed by atoms with Crippen molar-refractivity contribution in [1.82, 2.24) is 4.90 Å². The van der Waals surface area contributed by atoms with Crippen molar-refractivity contribution >= 4 is 5.91 Å². The number of hydrogen-bond acceptors (Lipinski definition) is 1. The molecule has 0 aromatic heterocycles. The van der Waals surface area contributed by atoms with Gasteiger partial charge in [0.2, 0.25) is 5.91 Å². The van der Waals surface area contributed by atoms with Crippen LogP contribution in [0.2, 0.25) is 0 Å². The maximum atomic E-state index is 11.9. The number of carbonyl (C=O) groups excluding carboxylic acids is 1. The summed E-state index contributed by atoms with van der Waals surface area (Å²) in [4.78, 5) is 13.7. The van der Waals surface area contributed by atoms with Crippen molar-refractivity contribution in [3.63, 3.8) is 0 Å². The Bertz CT molecular complexity index is 276. The van der Waals surface area contributed by atoms with E-state index in [-0.39, 0.29) is 11.3 Å². The second kappa shape index (κ2) is 2.86. The molecule has 1 amide bonds. The second-order valence-electron chi connectivity index (χ2n) is 4.58. The summed E-state index contributed by atoms with van der Waals surface area (Å²) < 4.78 is 0. The van der Waals surface area contributed by atoms with Gasteiger partial charge < -0.3 is 4.90 Å². The molecule has 2 nitrogen and oxygen atoms in total. The largest absolute Gasteiger partial charge is 0.319 e. The van der Waals surface area contributed by atoms with Gasteiger partial charge in [0.05, 0.1) is 5.41 Å². The maximum Gasteiger partial charge on any atom is 0.232 e. The van der Waals surface area contributed by atoms with Crippen LogP contribution in [-0.2, 0) is 4.79 Å². The van der Waals surface area contributed by atoms with Crippen molar-refractivity contribution < 1.29 is 4.79 Å². The molecule has 0 saturated heterocycles. The summed E-state index contributed by atoms with van der Waals surface area (Å²) in [5, 5.41) is 0. The Labute approximate surface area is 80.6 Å². The van der Waals surface area contributed by atoms with Crippen LogP contribution in [0.15, 0.2) is 11.3 Å². The summed E-state index contributed by atoms with van der Waals surface area (Å²) >= 11 is 0. The predicted molar refractivity (Wildman–Crippen MR) is 54.1 cm³/mol. The Kier molecular flexibility index (Phi) is 2.27. The van der Waals surface area contributed by atoms with Crippen LogP contribution in [0.3, 0.4) is 0 Å². The molecule has 0 spiro atoms. The number of nitrogens with zero attached hydrogens (tertiary/aromatic N) is 1. The molecule has 13 heavy (non-hydrogen) atoms. The molecule has 1 aliphatic heterocycles. The standard InChI is InChI=1S/C11H19NO/c1-7-8(2)11(4,5)10(13)12(6)9(7)3/h8H,1-6H3. The Morgan fingerprint density at radius 2 is 1.77 bits per heavy atom. The molecule has 0 aromatic rings. The van der Waals surface area contributed by atoms with Gasteiger partial charge in [-0.15, -0.1) is 0 Å². The van der Waals surface area contributed by atoms with Crippen LogP contribution >= 0.6 is 0 Å². The minimum absolute atomic E-state index is 0.225. The van der Waals surface area contributed by atoms with Gasteiger partial charge in [-0.05, 0) is 19.8 Å². The van der Waals surface area contributed by atoms with E-state index < -0.39 is 0 Å². The normalized spacial score (nSPS) is 28.3. The van der Waals surface area contributed by atoms with E-state index in [1.165, 1.54) is 5.57 Å². The number of carbonyl (C=O) groups is 1. The highest BCUT2D eigenvalue weighted by Crippen LogP contribution is 2.40. The molecule has 0 fully saturated rings. The first-order chi connectivity index (χ1) is 5.80. The van der Waals surface area contributed by atoms with E-state index in [0.29, 0.717) is 5.92 Å². The molecule has 2 heteroatoms. The van der Waals surface area contributed by atoms with Gasteiger partial charge in [0.15, 0.2) is 0 Å². The average molecular weight is 181 g/mol. The summed E-state index contributed by atoms with van der Waals surface area (Å²) in [6, 6.07) is 0. The smallest absolute Gasteiger partial charge is 0.232 e. The Morgan fingerprint density at radius 1 is 1.31 bits per heavy atom. The molecule has 1 atom stereocenters. The number of allylic oxidation sites excluding steroid dienone is 2. The minimum atomic E-state index is -0.252.